The first kappa shape index (κ1) is 16.5. The molecule has 0 saturated heterocycles. The summed E-state index contributed by atoms with van der Waals surface area (Å²) in [5, 5.41) is 6.05. The number of urea groups is 1. The number of anilines is 2. The molecule has 1 aromatic heterocycles. The maximum Gasteiger partial charge on any atom is 0.324 e. The van der Waals surface area contributed by atoms with Crippen LogP contribution in [0.3, 0.4) is 0 Å². The highest BCUT2D eigenvalue weighted by Gasteiger charge is 2.25. The zero-order valence-electron chi connectivity index (χ0n) is 13.6. The average Bonchev–Trinajstić information content (AvgIpc) is 2.89. The molecule has 3 rings (SSSR count). The minimum atomic E-state index is -0.531. The largest absolute Gasteiger partial charge is 0.376 e. The van der Waals surface area contributed by atoms with Gasteiger partial charge in [0.05, 0.1) is 18.8 Å². The van der Waals surface area contributed by atoms with Crippen LogP contribution >= 0.6 is 11.3 Å². The van der Waals surface area contributed by atoms with Crippen LogP contribution in [0, 0.1) is 13.8 Å². The number of amides is 3. The Balaban J connectivity index is 1.83. The summed E-state index contributed by atoms with van der Waals surface area (Å²) < 4.78 is 5.40. The van der Waals surface area contributed by atoms with Crippen LogP contribution in [0.4, 0.5) is 15.5 Å². The molecule has 0 bridgehead atoms. The molecule has 3 amide bonds. The van der Waals surface area contributed by atoms with Gasteiger partial charge in [-0.25, -0.2) is 4.79 Å². The molecule has 1 aliphatic rings. The fourth-order valence-electron chi connectivity index (χ4n) is 2.72. The summed E-state index contributed by atoms with van der Waals surface area (Å²) in [5.41, 5.74) is 9.63. The van der Waals surface area contributed by atoms with Crippen LogP contribution in [0.1, 0.15) is 31.9 Å². The summed E-state index contributed by atoms with van der Waals surface area (Å²) in [6.07, 6.45) is 0.629. The highest BCUT2D eigenvalue weighted by Crippen LogP contribution is 2.36. The van der Waals surface area contributed by atoms with Gasteiger partial charge < -0.3 is 15.8 Å². The van der Waals surface area contributed by atoms with Crippen molar-refractivity contribution in [3.05, 3.63) is 45.3 Å². The van der Waals surface area contributed by atoms with E-state index in [-0.39, 0.29) is 0 Å². The molecule has 2 aromatic rings. The fourth-order valence-corrected chi connectivity index (χ4v) is 3.91. The summed E-state index contributed by atoms with van der Waals surface area (Å²) in [5.74, 6) is -0.531. The average molecular weight is 345 g/mol. The van der Waals surface area contributed by atoms with E-state index in [1.165, 1.54) is 11.3 Å². The Kier molecular flexibility index (Phi) is 4.55. The van der Waals surface area contributed by atoms with E-state index in [9.17, 15) is 9.59 Å². The predicted octanol–water partition coefficient (Wildman–Crippen LogP) is 3.18. The molecule has 0 atom stereocenters. The molecule has 1 aliphatic heterocycles. The van der Waals surface area contributed by atoms with E-state index in [2.05, 4.69) is 10.6 Å². The lowest BCUT2D eigenvalue weighted by Crippen LogP contribution is -2.22. The molecule has 6 nitrogen and oxygen atoms in total. The molecule has 1 aromatic carbocycles. The number of thiophene rings is 1. The smallest absolute Gasteiger partial charge is 0.324 e. The molecule has 0 radical (unpaired) electrons. The molecule has 24 heavy (non-hydrogen) atoms. The van der Waals surface area contributed by atoms with Gasteiger partial charge >= 0.3 is 6.03 Å². The second kappa shape index (κ2) is 6.62. The Morgan fingerprint density at radius 3 is 2.79 bits per heavy atom. The van der Waals surface area contributed by atoms with Crippen molar-refractivity contribution >= 4 is 34.0 Å². The molecule has 0 saturated carbocycles. The molecule has 4 N–H and O–H groups in total. The van der Waals surface area contributed by atoms with E-state index in [1.807, 2.05) is 32.0 Å². The summed E-state index contributed by atoms with van der Waals surface area (Å²) in [6.45, 7) is 4.93. The number of carbonyl (C=O) groups is 2. The van der Waals surface area contributed by atoms with E-state index in [4.69, 9.17) is 10.5 Å². The van der Waals surface area contributed by atoms with Crippen molar-refractivity contribution in [2.75, 3.05) is 17.2 Å². The number of fused-ring (bicyclic) bond motifs is 1. The van der Waals surface area contributed by atoms with Gasteiger partial charge in [0.1, 0.15) is 5.00 Å². The monoisotopic (exact) mass is 345 g/mol. The Hall–Kier alpha value is -2.38. The van der Waals surface area contributed by atoms with Gasteiger partial charge in [-0.15, -0.1) is 11.3 Å². The first-order valence-corrected chi connectivity index (χ1v) is 8.45. The first-order chi connectivity index (χ1) is 11.5. The van der Waals surface area contributed by atoms with Crippen LogP contribution in [0.15, 0.2) is 18.2 Å². The summed E-state index contributed by atoms with van der Waals surface area (Å²) in [6, 6.07) is 5.31. The van der Waals surface area contributed by atoms with Gasteiger partial charge in [0.15, 0.2) is 0 Å². The lowest BCUT2D eigenvalue weighted by atomic mass is 10.1. The van der Waals surface area contributed by atoms with Gasteiger partial charge in [0.25, 0.3) is 5.91 Å². The number of nitrogens with two attached hydrogens (primary N) is 1. The predicted molar refractivity (Wildman–Crippen MR) is 94.8 cm³/mol. The Morgan fingerprint density at radius 1 is 1.25 bits per heavy atom. The molecule has 0 unspecified atom stereocenters. The van der Waals surface area contributed by atoms with Crippen molar-refractivity contribution in [2.24, 2.45) is 5.73 Å². The normalized spacial score (nSPS) is 13.2. The number of rotatable bonds is 3. The summed E-state index contributed by atoms with van der Waals surface area (Å²) in [4.78, 5) is 25.1. The van der Waals surface area contributed by atoms with Crippen molar-refractivity contribution in [3.8, 4) is 0 Å². The van der Waals surface area contributed by atoms with Gasteiger partial charge in [-0.2, -0.15) is 0 Å². The number of primary amides is 1. The van der Waals surface area contributed by atoms with Gasteiger partial charge in [0.2, 0.25) is 0 Å². The van der Waals surface area contributed by atoms with Crippen LogP contribution in [0.2, 0.25) is 0 Å². The van der Waals surface area contributed by atoms with Gasteiger partial charge in [-0.3, -0.25) is 10.1 Å². The van der Waals surface area contributed by atoms with E-state index >= 15 is 0 Å². The van der Waals surface area contributed by atoms with Crippen molar-refractivity contribution in [1.29, 1.82) is 0 Å². The van der Waals surface area contributed by atoms with E-state index < -0.39 is 11.9 Å². The molecular weight excluding hydrogens is 326 g/mol. The van der Waals surface area contributed by atoms with Crippen LogP contribution in [0.5, 0.6) is 0 Å². The molecule has 126 valence electrons. The Labute approximate surface area is 144 Å². The minimum absolute atomic E-state index is 0.397. The highest BCUT2D eigenvalue weighted by atomic mass is 32.1. The number of benzene rings is 1. The van der Waals surface area contributed by atoms with Gasteiger partial charge in [-0.05, 0) is 43.0 Å². The highest BCUT2D eigenvalue weighted by molar-refractivity contribution is 7.17. The summed E-state index contributed by atoms with van der Waals surface area (Å²) in [7, 11) is 0. The number of hydrogen-bond acceptors (Lipinski definition) is 4. The van der Waals surface area contributed by atoms with Crippen LogP contribution in [0.25, 0.3) is 0 Å². The number of nitrogens with one attached hydrogen (secondary N) is 2. The lowest BCUT2D eigenvalue weighted by molar-refractivity contribution is 0.0991. The third-order valence-corrected chi connectivity index (χ3v) is 5.27. The quantitative estimate of drug-likeness (QED) is 0.797. The standard InChI is InChI=1S/C17H19N3O3S/c1-9-4-3-5-12(10(9)2)19-17(22)20-16-14(15(18)21)11-6-7-23-8-13(11)24-16/h3-5H,6-8H2,1-2H3,(H2,18,21)(H2,19,20,22). The number of hydrogen-bond donors (Lipinski definition) is 3. The van der Waals surface area contributed by atoms with E-state index in [0.29, 0.717) is 30.2 Å². The van der Waals surface area contributed by atoms with Crippen molar-refractivity contribution in [3.63, 3.8) is 0 Å². The van der Waals surface area contributed by atoms with Crippen LogP contribution < -0.4 is 16.4 Å². The number of aryl methyl sites for hydroxylation is 1. The third-order valence-electron chi connectivity index (χ3n) is 4.15. The molecule has 0 aliphatic carbocycles. The zero-order chi connectivity index (χ0) is 17.3. The molecule has 0 fully saturated rings. The van der Waals surface area contributed by atoms with Gasteiger partial charge in [0, 0.05) is 10.6 Å². The first-order valence-electron chi connectivity index (χ1n) is 7.63. The van der Waals surface area contributed by atoms with E-state index in [0.717, 1.165) is 27.3 Å². The Morgan fingerprint density at radius 2 is 2.04 bits per heavy atom. The second-order valence-electron chi connectivity index (χ2n) is 5.70. The second-order valence-corrected chi connectivity index (χ2v) is 6.81. The third kappa shape index (κ3) is 3.13. The molecular formula is C17H19N3O3S. The summed E-state index contributed by atoms with van der Waals surface area (Å²) >= 11 is 1.34. The zero-order valence-corrected chi connectivity index (χ0v) is 14.4. The van der Waals surface area contributed by atoms with E-state index in [1.54, 1.807) is 0 Å². The van der Waals surface area contributed by atoms with Crippen LogP contribution in [-0.4, -0.2) is 18.5 Å². The topological polar surface area (TPSA) is 93.5 Å². The Bertz CT molecular complexity index is 814. The SMILES string of the molecule is Cc1cccc(NC(=O)Nc2sc3c(c2C(N)=O)CCOC3)c1C. The van der Waals surface area contributed by atoms with Crippen LogP contribution in [-0.2, 0) is 17.8 Å². The maximum absolute atomic E-state index is 12.3. The minimum Gasteiger partial charge on any atom is -0.376 e. The maximum atomic E-state index is 12.3. The van der Waals surface area contributed by atoms with Crippen molar-refractivity contribution < 1.29 is 14.3 Å². The number of carbonyl (C=O) groups excluding carboxylic acids is 2. The lowest BCUT2D eigenvalue weighted by Gasteiger charge is -2.12. The molecule has 2 heterocycles. The van der Waals surface area contributed by atoms with Crippen molar-refractivity contribution in [1.82, 2.24) is 0 Å². The van der Waals surface area contributed by atoms with Crippen molar-refractivity contribution in [2.45, 2.75) is 26.9 Å². The number of ether oxygens (including phenoxy) is 1. The molecule has 0 spiro atoms. The van der Waals surface area contributed by atoms with Gasteiger partial charge in [-0.1, -0.05) is 12.1 Å². The molecule has 7 heteroatoms. The fraction of sp³-hybridized carbons (Fsp3) is 0.294.